The lowest BCUT2D eigenvalue weighted by Gasteiger charge is -2.15. The lowest BCUT2D eigenvalue weighted by Crippen LogP contribution is -2.35. The van der Waals surface area contributed by atoms with Crippen molar-refractivity contribution in [3.8, 4) is 6.07 Å². The highest BCUT2D eigenvalue weighted by atomic mass is 19.1. The highest BCUT2D eigenvalue weighted by Crippen LogP contribution is 2.14. The molecule has 9 heteroatoms. The summed E-state index contributed by atoms with van der Waals surface area (Å²) in [6.45, 7) is 7.42. The van der Waals surface area contributed by atoms with Crippen LogP contribution in [-0.4, -0.2) is 20.8 Å². The second-order valence-electron chi connectivity index (χ2n) is 7.58. The lowest BCUT2D eigenvalue weighted by atomic mass is 10.0. The van der Waals surface area contributed by atoms with E-state index in [1.54, 1.807) is 25.1 Å². The van der Waals surface area contributed by atoms with Crippen molar-refractivity contribution in [3.63, 3.8) is 0 Å². The summed E-state index contributed by atoms with van der Waals surface area (Å²) in [6, 6.07) is 9.75. The Morgan fingerprint density at radius 1 is 1.22 bits per heavy atom. The number of halogens is 1. The third-order valence-corrected chi connectivity index (χ3v) is 4.66. The zero-order valence-electron chi connectivity index (χ0n) is 18.3. The van der Waals surface area contributed by atoms with Crippen molar-refractivity contribution < 1.29 is 9.18 Å². The minimum absolute atomic E-state index is 0.0279. The minimum Gasteiger partial charge on any atom is -0.384 e. The molecular weight excluding hydrogens is 413 g/mol. The van der Waals surface area contributed by atoms with Gasteiger partial charge in [0.2, 0.25) is 5.95 Å². The van der Waals surface area contributed by atoms with E-state index in [-0.39, 0.29) is 23.8 Å². The van der Waals surface area contributed by atoms with Gasteiger partial charge >= 0.3 is 5.69 Å². The van der Waals surface area contributed by atoms with Gasteiger partial charge in [0.15, 0.2) is 0 Å². The normalized spacial score (nSPS) is 10.3. The molecule has 2 aromatic heterocycles. The molecule has 0 fully saturated rings. The van der Waals surface area contributed by atoms with Gasteiger partial charge in [0.1, 0.15) is 12.1 Å². The first kappa shape index (κ1) is 24.2. The number of aldehydes is 1. The molecule has 166 valence electrons. The molecule has 0 aliphatic carbocycles. The van der Waals surface area contributed by atoms with E-state index in [9.17, 15) is 18.8 Å². The first-order valence-electron chi connectivity index (χ1n) is 9.78. The number of anilines is 1. The SMILES string of the molecule is Cc1c(C(C)C)c(=O)[nH]c(=O)n1Cc1cc(N)nc(F)c1.Cc1cc(C#N)cc(C=O)c1. The van der Waals surface area contributed by atoms with Gasteiger partial charge in [0.05, 0.1) is 18.2 Å². The van der Waals surface area contributed by atoms with Gasteiger partial charge in [0, 0.05) is 16.8 Å². The summed E-state index contributed by atoms with van der Waals surface area (Å²) in [4.78, 5) is 39.9. The molecule has 1 aromatic carbocycles. The number of hydrogen-bond donors (Lipinski definition) is 2. The molecule has 3 aromatic rings. The van der Waals surface area contributed by atoms with E-state index in [4.69, 9.17) is 11.0 Å². The molecule has 0 radical (unpaired) electrons. The quantitative estimate of drug-likeness (QED) is 0.476. The number of carbonyl (C=O) groups is 1. The predicted molar refractivity (Wildman–Crippen MR) is 119 cm³/mol. The van der Waals surface area contributed by atoms with Gasteiger partial charge in [-0.15, -0.1) is 0 Å². The summed E-state index contributed by atoms with van der Waals surface area (Å²) < 4.78 is 14.7. The number of rotatable bonds is 4. The van der Waals surface area contributed by atoms with Crippen LogP contribution in [0.1, 0.15) is 58.1 Å². The van der Waals surface area contributed by atoms with Crippen LogP contribution in [0.2, 0.25) is 0 Å². The Morgan fingerprint density at radius 3 is 2.47 bits per heavy atom. The monoisotopic (exact) mass is 437 g/mol. The summed E-state index contributed by atoms with van der Waals surface area (Å²) in [5.74, 6) is -0.687. The Morgan fingerprint density at radius 2 is 1.91 bits per heavy atom. The molecule has 0 saturated carbocycles. The molecule has 2 heterocycles. The molecule has 3 rings (SSSR count). The Balaban J connectivity index is 0.000000278. The summed E-state index contributed by atoms with van der Waals surface area (Å²) in [5.41, 5.74) is 8.22. The highest BCUT2D eigenvalue weighted by Gasteiger charge is 2.14. The fourth-order valence-electron chi connectivity index (χ4n) is 3.36. The van der Waals surface area contributed by atoms with E-state index in [1.807, 2.05) is 26.8 Å². The number of nitrogens with zero attached hydrogens (tertiary/aromatic N) is 3. The largest absolute Gasteiger partial charge is 0.384 e. The van der Waals surface area contributed by atoms with Crippen molar-refractivity contribution >= 4 is 12.1 Å². The standard InChI is InChI=1S/C14H17FN4O2.C9H7NO/c1-7(2)12-8(3)19(14(21)18-13(12)20)6-9-4-10(15)17-11(16)5-9;1-7-2-8(5-10)4-9(3-7)6-11/h4-5,7H,6H2,1-3H3,(H2,16,17)(H,18,20,21);2-4,6H,1H3. The number of benzene rings is 1. The van der Waals surface area contributed by atoms with Crippen molar-refractivity contribution in [1.82, 2.24) is 14.5 Å². The molecule has 8 nitrogen and oxygen atoms in total. The molecule has 3 N–H and O–H groups in total. The number of aromatic amines is 1. The lowest BCUT2D eigenvalue weighted by molar-refractivity contribution is 0.112. The van der Waals surface area contributed by atoms with Crippen molar-refractivity contribution in [2.45, 2.75) is 40.2 Å². The number of hydrogen-bond acceptors (Lipinski definition) is 6. The fraction of sp³-hybridized carbons (Fsp3) is 0.261. The number of nitrogens with two attached hydrogens (primary N) is 1. The van der Waals surface area contributed by atoms with E-state index in [0.717, 1.165) is 11.8 Å². The number of aryl methyl sites for hydroxylation is 1. The zero-order valence-corrected chi connectivity index (χ0v) is 18.3. The molecule has 0 spiro atoms. The average Bonchev–Trinajstić information content (AvgIpc) is 2.70. The first-order chi connectivity index (χ1) is 15.0. The van der Waals surface area contributed by atoms with Crippen molar-refractivity contribution in [3.05, 3.63) is 90.6 Å². The molecule has 0 amide bonds. The van der Waals surface area contributed by atoms with Gasteiger partial charge in [0.25, 0.3) is 5.56 Å². The van der Waals surface area contributed by atoms with Gasteiger partial charge < -0.3 is 5.73 Å². The van der Waals surface area contributed by atoms with E-state index in [0.29, 0.717) is 27.9 Å². The summed E-state index contributed by atoms with van der Waals surface area (Å²) >= 11 is 0. The van der Waals surface area contributed by atoms with Crippen molar-refractivity contribution in [2.24, 2.45) is 0 Å². The molecule has 0 atom stereocenters. The molecule has 0 aliphatic heterocycles. The third-order valence-electron chi connectivity index (χ3n) is 4.66. The molecule has 0 bridgehead atoms. The van der Waals surface area contributed by atoms with Crippen LogP contribution < -0.4 is 17.0 Å². The number of aromatic nitrogens is 3. The minimum atomic E-state index is -0.704. The summed E-state index contributed by atoms with van der Waals surface area (Å²) in [6.07, 6.45) is 0.744. The maximum atomic E-state index is 13.3. The van der Waals surface area contributed by atoms with Gasteiger partial charge in [-0.25, -0.2) is 9.78 Å². The number of nitrogen functional groups attached to an aromatic ring is 1. The molecule has 0 unspecified atom stereocenters. The predicted octanol–water partition coefficient (Wildman–Crippen LogP) is 2.81. The summed E-state index contributed by atoms with van der Waals surface area (Å²) in [5, 5.41) is 8.52. The van der Waals surface area contributed by atoms with Gasteiger partial charge in [-0.3, -0.25) is 19.1 Å². The molecule has 32 heavy (non-hydrogen) atoms. The van der Waals surface area contributed by atoms with Crippen LogP contribution in [0.5, 0.6) is 0 Å². The number of nitrogens with one attached hydrogen (secondary N) is 1. The van der Waals surface area contributed by atoms with Gasteiger partial charge in [-0.2, -0.15) is 9.65 Å². The van der Waals surface area contributed by atoms with E-state index in [1.165, 1.54) is 16.7 Å². The van der Waals surface area contributed by atoms with E-state index in [2.05, 4.69) is 9.97 Å². The zero-order chi connectivity index (χ0) is 24.0. The van der Waals surface area contributed by atoms with Crippen molar-refractivity contribution in [1.29, 1.82) is 5.26 Å². The third kappa shape index (κ3) is 5.98. The van der Waals surface area contributed by atoms with Crippen LogP contribution in [0, 0.1) is 31.1 Å². The smallest absolute Gasteiger partial charge is 0.328 e. The highest BCUT2D eigenvalue weighted by molar-refractivity contribution is 5.75. The van der Waals surface area contributed by atoms with Crippen molar-refractivity contribution in [2.75, 3.05) is 5.73 Å². The topological polar surface area (TPSA) is 135 Å². The number of pyridine rings is 1. The molecular formula is C23H24FN5O3. The second kappa shape index (κ2) is 10.3. The number of H-pyrrole nitrogens is 1. The van der Waals surface area contributed by atoms with E-state index >= 15 is 0 Å². The van der Waals surface area contributed by atoms with Gasteiger partial charge in [-0.1, -0.05) is 13.8 Å². The number of carbonyl (C=O) groups excluding carboxylic acids is 1. The van der Waals surface area contributed by atoms with E-state index < -0.39 is 11.6 Å². The maximum Gasteiger partial charge on any atom is 0.328 e. The van der Waals surface area contributed by atoms with Crippen LogP contribution >= 0.6 is 0 Å². The molecule has 0 saturated heterocycles. The van der Waals surface area contributed by atoms with Gasteiger partial charge in [-0.05, 0) is 61.2 Å². The Hall–Kier alpha value is -4.06. The van der Waals surface area contributed by atoms with Crippen LogP contribution in [0.15, 0.2) is 39.9 Å². The van der Waals surface area contributed by atoms with Crippen LogP contribution in [0.25, 0.3) is 0 Å². The van der Waals surface area contributed by atoms with Crippen LogP contribution in [0.4, 0.5) is 10.2 Å². The van der Waals surface area contributed by atoms with Crippen LogP contribution in [0.3, 0.4) is 0 Å². The fourth-order valence-corrected chi connectivity index (χ4v) is 3.36. The summed E-state index contributed by atoms with van der Waals surface area (Å²) in [7, 11) is 0. The first-order valence-corrected chi connectivity index (χ1v) is 9.78. The Labute approximate surface area is 184 Å². The number of nitriles is 1. The second-order valence-corrected chi connectivity index (χ2v) is 7.58. The maximum absolute atomic E-state index is 13.3. The Kier molecular flexibility index (Phi) is 7.80. The Bertz CT molecular complexity index is 1280. The van der Waals surface area contributed by atoms with Crippen LogP contribution in [-0.2, 0) is 6.54 Å². The average molecular weight is 437 g/mol. The molecule has 0 aliphatic rings.